The number of aryl methyl sites for hydroxylation is 1. The molecule has 0 atom stereocenters. The second kappa shape index (κ2) is 6.01. The highest BCUT2D eigenvalue weighted by Gasteiger charge is 2.11. The number of thiophene rings is 1. The molecule has 3 rings (SSSR count). The summed E-state index contributed by atoms with van der Waals surface area (Å²) in [6.07, 6.45) is 0. The molecule has 0 aliphatic carbocycles. The van der Waals surface area contributed by atoms with E-state index in [-0.39, 0.29) is 6.03 Å². The molecule has 2 amide bonds. The number of nitrogens with zero attached hydrogens (tertiary/aromatic N) is 1. The quantitative estimate of drug-likeness (QED) is 0.731. The van der Waals surface area contributed by atoms with Crippen molar-refractivity contribution in [2.75, 3.05) is 5.32 Å². The van der Waals surface area contributed by atoms with Gasteiger partial charge < -0.3 is 5.32 Å². The first-order valence-corrected chi connectivity index (χ1v) is 8.34. The van der Waals surface area contributed by atoms with E-state index in [0.717, 1.165) is 20.7 Å². The van der Waals surface area contributed by atoms with Crippen LogP contribution in [0, 0.1) is 6.92 Å². The number of amides is 2. The van der Waals surface area contributed by atoms with Crippen LogP contribution in [0.4, 0.5) is 9.93 Å². The molecule has 0 unspecified atom stereocenters. The Hall–Kier alpha value is -1.63. The number of urea groups is 1. The van der Waals surface area contributed by atoms with Crippen LogP contribution >= 0.6 is 34.3 Å². The Morgan fingerprint density at radius 1 is 1.38 bits per heavy atom. The van der Waals surface area contributed by atoms with Crippen molar-refractivity contribution in [2.24, 2.45) is 0 Å². The highest BCUT2D eigenvalue weighted by atomic mass is 35.5. The predicted octanol–water partition coefficient (Wildman–Crippen LogP) is 4.64. The molecule has 0 radical (unpaired) electrons. The Labute approximate surface area is 134 Å². The smallest absolute Gasteiger partial charge is 0.321 e. The largest absolute Gasteiger partial charge is 0.333 e. The van der Waals surface area contributed by atoms with Gasteiger partial charge in [0, 0.05) is 4.88 Å². The van der Waals surface area contributed by atoms with Gasteiger partial charge in [-0.05, 0) is 30.0 Å². The second-order valence-electron chi connectivity index (χ2n) is 4.45. The molecular formula is C14H12ClN3OS2. The monoisotopic (exact) mass is 337 g/mol. The fourth-order valence-corrected chi connectivity index (χ4v) is 3.73. The van der Waals surface area contributed by atoms with Gasteiger partial charge in [0.2, 0.25) is 0 Å². The Balaban J connectivity index is 1.71. The molecule has 0 spiro atoms. The summed E-state index contributed by atoms with van der Waals surface area (Å²) in [7, 11) is 0. The van der Waals surface area contributed by atoms with E-state index in [1.807, 2.05) is 36.6 Å². The van der Waals surface area contributed by atoms with Gasteiger partial charge in [0.15, 0.2) is 5.13 Å². The molecule has 7 heteroatoms. The van der Waals surface area contributed by atoms with Crippen LogP contribution in [0.15, 0.2) is 29.6 Å². The molecule has 0 aliphatic heterocycles. The predicted molar refractivity (Wildman–Crippen MR) is 89.5 cm³/mol. The summed E-state index contributed by atoms with van der Waals surface area (Å²) >= 11 is 9.13. The van der Waals surface area contributed by atoms with E-state index in [2.05, 4.69) is 15.6 Å². The number of hydrogen-bond acceptors (Lipinski definition) is 4. The summed E-state index contributed by atoms with van der Waals surface area (Å²) in [6.45, 7) is 2.48. The van der Waals surface area contributed by atoms with Crippen molar-refractivity contribution in [3.05, 3.63) is 45.1 Å². The molecule has 0 bridgehead atoms. The second-order valence-corrected chi connectivity index (χ2v) is 6.89. The lowest BCUT2D eigenvalue weighted by molar-refractivity contribution is 0.252. The molecular weight excluding hydrogens is 326 g/mol. The molecule has 2 heterocycles. The van der Waals surface area contributed by atoms with Crippen LogP contribution in [0.1, 0.15) is 10.4 Å². The van der Waals surface area contributed by atoms with Crippen LogP contribution in [-0.4, -0.2) is 11.0 Å². The van der Waals surface area contributed by atoms with Crippen molar-refractivity contribution < 1.29 is 4.79 Å². The minimum atomic E-state index is -0.267. The van der Waals surface area contributed by atoms with Gasteiger partial charge in [0.1, 0.15) is 0 Å². The molecule has 4 nitrogen and oxygen atoms in total. The Morgan fingerprint density at radius 2 is 2.24 bits per heavy atom. The number of benzene rings is 1. The fourth-order valence-electron chi connectivity index (χ4n) is 1.88. The van der Waals surface area contributed by atoms with Crippen molar-refractivity contribution in [3.63, 3.8) is 0 Å². The SMILES string of the molecule is Cc1ccc(Cl)c2sc(NC(=O)NCc3cccs3)nc12. The van der Waals surface area contributed by atoms with Crippen molar-refractivity contribution in [1.82, 2.24) is 10.3 Å². The van der Waals surface area contributed by atoms with Crippen molar-refractivity contribution in [3.8, 4) is 0 Å². The number of carbonyl (C=O) groups excluding carboxylic acids is 1. The highest BCUT2D eigenvalue weighted by molar-refractivity contribution is 7.23. The first-order valence-electron chi connectivity index (χ1n) is 6.26. The van der Waals surface area contributed by atoms with Crippen molar-refractivity contribution in [2.45, 2.75) is 13.5 Å². The van der Waals surface area contributed by atoms with Gasteiger partial charge in [-0.2, -0.15) is 0 Å². The van der Waals surface area contributed by atoms with Gasteiger partial charge in [0.25, 0.3) is 0 Å². The third-order valence-electron chi connectivity index (χ3n) is 2.92. The van der Waals surface area contributed by atoms with E-state index < -0.39 is 0 Å². The highest BCUT2D eigenvalue weighted by Crippen LogP contribution is 2.33. The maximum absolute atomic E-state index is 11.9. The maximum Gasteiger partial charge on any atom is 0.321 e. The number of aromatic nitrogens is 1. The Bertz CT molecular complexity index is 744. The summed E-state index contributed by atoms with van der Waals surface area (Å²) in [5.41, 5.74) is 1.87. The lowest BCUT2D eigenvalue weighted by Gasteiger charge is -2.03. The van der Waals surface area contributed by atoms with Crippen LogP contribution in [-0.2, 0) is 6.54 Å². The average molecular weight is 338 g/mol. The zero-order valence-electron chi connectivity index (χ0n) is 11.1. The lowest BCUT2D eigenvalue weighted by atomic mass is 10.2. The van der Waals surface area contributed by atoms with Crippen LogP contribution < -0.4 is 10.6 Å². The summed E-state index contributed by atoms with van der Waals surface area (Å²) in [5.74, 6) is 0. The number of thiazole rings is 1. The van der Waals surface area contributed by atoms with E-state index in [0.29, 0.717) is 16.7 Å². The molecule has 0 saturated heterocycles. The third-order valence-corrected chi connectivity index (χ3v) is 5.23. The van der Waals surface area contributed by atoms with Crippen LogP contribution in [0.25, 0.3) is 10.2 Å². The van der Waals surface area contributed by atoms with Crippen LogP contribution in [0.2, 0.25) is 5.02 Å². The van der Waals surface area contributed by atoms with Gasteiger partial charge in [-0.1, -0.05) is 35.1 Å². The zero-order valence-corrected chi connectivity index (χ0v) is 13.5. The van der Waals surface area contributed by atoms with Crippen molar-refractivity contribution >= 4 is 55.7 Å². The molecule has 21 heavy (non-hydrogen) atoms. The third kappa shape index (κ3) is 3.18. The minimum absolute atomic E-state index is 0.267. The number of anilines is 1. The number of carbonyl (C=O) groups is 1. The van der Waals surface area contributed by atoms with Gasteiger partial charge in [0.05, 0.1) is 21.8 Å². The number of halogens is 1. The molecule has 2 N–H and O–H groups in total. The lowest BCUT2D eigenvalue weighted by Crippen LogP contribution is -2.27. The van der Waals surface area contributed by atoms with Gasteiger partial charge in [-0.25, -0.2) is 9.78 Å². The summed E-state index contributed by atoms with van der Waals surface area (Å²) in [6, 6.07) is 7.43. The van der Waals surface area contributed by atoms with Gasteiger partial charge in [-0.3, -0.25) is 5.32 Å². The standard InChI is InChI=1S/C14H12ClN3OS2/c1-8-4-5-10(15)12-11(8)17-14(21-12)18-13(19)16-7-9-3-2-6-20-9/h2-6H,7H2,1H3,(H2,16,17,18,19). The molecule has 3 aromatic rings. The number of rotatable bonds is 3. The first kappa shape index (κ1) is 14.3. The van der Waals surface area contributed by atoms with E-state index in [1.54, 1.807) is 11.3 Å². The van der Waals surface area contributed by atoms with Crippen LogP contribution in [0.5, 0.6) is 0 Å². The zero-order chi connectivity index (χ0) is 14.8. The molecule has 0 saturated carbocycles. The number of hydrogen-bond donors (Lipinski definition) is 2. The Kier molecular flexibility index (Phi) is 4.10. The van der Waals surface area contributed by atoms with E-state index >= 15 is 0 Å². The van der Waals surface area contributed by atoms with Gasteiger partial charge in [-0.15, -0.1) is 11.3 Å². The Morgan fingerprint density at radius 3 is 2.95 bits per heavy atom. The molecule has 108 valence electrons. The topological polar surface area (TPSA) is 54.0 Å². The van der Waals surface area contributed by atoms with Crippen molar-refractivity contribution in [1.29, 1.82) is 0 Å². The normalized spacial score (nSPS) is 10.8. The number of fused-ring (bicyclic) bond motifs is 1. The average Bonchev–Trinajstić information content (AvgIpc) is 3.10. The molecule has 0 fully saturated rings. The van der Waals surface area contributed by atoms with E-state index in [9.17, 15) is 4.79 Å². The molecule has 0 aliphatic rings. The summed E-state index contributed by atoms with van der Waals surface area (Å²) < 4.78 is 0.894. The minimum Gasteiger partial charge on any atom is -0.333 e. The van der Waals surface area contributed by atoms with Gasteiger partial charge >= 0.3 is 6.03 Å². The van der Waals surface area contributed by atoms with E-state index in [4.69, 9.17) is 11.6 Å². The fraction of sp³-hybridized carbons (Fsp3) is 0.143. The maximum atomic E-state index is 11.9. The summed E-state index contributed by atoms with van der Waals surface area (Å²) in [5, 5.41) is 8.73. The summed E-state index contributed by atoms with van der Waals surface area (Å²) in [4.78, 5) is 17.4. The molecule has 2 aromatic heterocycles. The molecule has 1 aromatic carbocycles. The van der Waals surface area contributed by atoms with E-state index in [1.165, 1.54) is 11.3 Å². The first-order chi connectivity index (χ1) is 10.1. The van der Waals surface area contributed by atoms with Crippen LogP contribution in [0.3, 0.4) is 0 Å². The number of nitrogens with one attached hydrogen (secondary N) is 2.